The third kappa shape index (κ3) is 11.4. The van der Waals surface area contributed by atoms with Crippen LogP contribution in [0.15, 0.2) is 49.2 Å². The molecular weight excluding hydrogens is 883 g/mol. The molecular formula is C43H49N9O15. The van der Waals surface area contributed by atoms with E-state index in [4.69, 9.17) is 33.2 Å². The topological polar surface area (TPSA) is 289 Å². The predicted octanol–water partition coefficient (Wildman–Crippen LogP) is 4.09. The molecule has 1 aliphatic carbocycles. The van der Waals surface area contributed by atoms with Gasteiger partial charge in [-0.15, -0.1) is 0 Å². The van der Waals surface area contributed by atoms with Gasteiger partial charge >= 0.3 is 41.7 Å². The maximum atomic E-state index is 13.6. The van der Waals surface area contributed by atoms with Crippen molar-refractivity contribution in [3.63, 3.8) is 0 Å². The molecule has 0 bridgehead atoms. The summed E-state index contributed by atoms with van der Waals surface area (Å²) in [6.07, 6.45) is 1.62. The van der Waals surface area contributed by atoms with Crippen LogP contribution in [0.5, 0.6) is 5.75 Å². The summed E-state index contributed by atoms with van der Waals surface area (Å²) in [6, 6.07) is 7.07. The SMILES string of the molecule is COC(=O)[C@H]1O[C@@H](Oc2ccc(COC(=O)N(C)CCN(C)C(=O)n3ccc4c(-c5cnn([C@H](CC#N)C6CCCC6)c5)ncnc43)cc2[N+](=O)[O-])[C@H](OC(C)=O)[C@@H](OC(C)=O)[C@@H]1OC(C)=O. The van der Waals surface area contributed by atoms with E-state index < -0.39 is 89.7 Å². The number of nitriles is 1. The molecule has 0 radical (unpaired) electrons. The number of ether oxygens (including phenoxy) is 7. The van der Waals surface area contributed by atoms with E-state index in [-0.39, 0.29) is 24.7 Å². The van der Waals surface area contributed by atoms with Crippen molar-refractivity contribution in [2.45, 2.75) is 96.2 Å². The van der Waals surface area contributed by atoms with Gasteiger partial charge in [0, 0.05) is 77.4 Å². The number of aromatic nitrogens is 5. The molecule has 4 aromatic rings. The molecule has 2 amide bonds. The first kappa shape index (κ1) is 48.8. The highest BCUT2D eigenvalue weighted by Gasteiger charge is 2.56. The van der Waals surface area contributed by atoms with Crippen molar-refractivity contribution in [3.05, 3.63) is 64.9 Å². The molecule has 1 saturated carbocycles. The van der Waals surface area contributed by atoms with E-state index in [1.54, 1.807) is 25.5 Å². The number of hydrogen-bond donors (Lipinski definition) is 0. The molecule has 67 heavy (non-hydrogen) atoms. The number of rotatable bonds is 16. The van der Waals surface area contributed by atoms with Crippen LogP contribution < -0.4 is 4.74 Å². The fourth-order valence-corrected chi connectivity index (χ4v) is 8.01. The Labute approximate surface area is 382 Å². The van der Waals surface area contributed by atoms with Gasteiger partial charge < -0.3 is 43.0 Å². The number of amides is 2. The Hall–Kier alpha value is -7.68. The lowest BCUT2D eigenvalue weighted by molar-refractivity contribution is -0.387. The average Bonchev–Trinajstić information content (AvgIpc) is 4.10. The zero-order valence-corrected chi connectivity index (χ0v) is 37.5. The Kier molecular flexibility index (Phi) is 15.7. The summed E-state index contributed by atoms with van der Waals surface area (Å²) in [5.41, 5.74) is 1.14. The normalized spacial score (nSPS) is 19.6. The fourth-order valence-electron chi connectivity index (χ4n) is 8.01. The largest absolute Gasteiger partial charge is 0.467 e. The van der Waals surface area contributed by atoms with Crippen LogP contribution in [0.2, 0.25) is 0 Å². The molecule has 0 spiro atoms. The highest BCUT2D eigenvalue weighted by molar-refractivity contribution is 5.96. The van der Waals surface area contributed by atoms with Crippen LogP contribution in [0.25, 0.3) is 22.3 Å². The number of fused-ring (bicyclic) bond motifs is 1. The first-order valence-corrected chi connectivity index (χ1v) is 21.1. The maximum absolute atomic E-state index is 13.6. The first-order valence-electron chi connectivity index (χ1n) is 21.1. The minimum Gasteiger partial charge on any atom is -0.467 e. The summed E-state index contributed by atoms with van der Waals surface area (Å²) >= 11 is 0. The molecule has 24 heteroatoms. The Morgan fingerprint density at radius 2 is 1.63 bits per heavy atom. The molecule has 2 fully saturated rings. The molecule has 6 atom stereocenters. The maximum Gasteiger partial charge on any atom is 0.409 e. The number of nitro benzene ring substituents is 1. The first-order chi connectivity index (χ1) is 32.0. The summed E-state index contributed by atoms with van der Waals surface area (Å²) in [5.74, 6) is -3.98. The Bertz CT molecular complexity index is 2550. The summed E-state index contributed by atoms with van der Waals surface area (Å²) in [4.78, 5) is 98.7. The molecule has 3 aromatic heterocycles. The fraction of sp³-hybridized carbons (Fsp3) is 0.488. The van der Waals surface area contributed by atoms with Gasteiger partial charge in [0.2, 0.25) is 12.4 Å². The Morgan fingerprint density at radius 3 is 2.28 bits per heavy atom. The van der Waals surface area contributed by atoms with Crippen molar-refractivity contribution in [3.8, 4) is 23.1 Å². The predicted molar refractivity (Wildman–Crippen MR) is 227 cm³/mol. The van der Waals surface area contributed by atoms with Gasteiger partial charge in [-0.25, -0.2) is 24.4 Å². The second-order valence-electron chi connectivity index (χ2n) is 15.9. The molecule has 1 aromatic carbocycles. The van der Waals surface area contributed by atoms with Gasteiger partial charge in [0.15, 0.2) is 29.7 Å². The summed E-state index contributed by atoms with van der Waals surface area (Å²) in [5, 5.41) is 27.0. The smallest absolute Gasteiger partial charge is 0.409 e. The second kappa shape index (κ2) is 21.5. The Morgan fingerprint density at radius 1 is 0.955 bits per heavy atom. The number of esters is 4. The molecule has 1 aliphatic heterocycles. The molecule has 0 unspecified atom stereocenters. The van der Waals surface area contributed by atoms with Crippen molar-refractivity contribution in [2.75, 3.05) is 34.3 Å². The zero-order chi connectivity index (χ0) is 48.5. The molecule has 6 rings (SSSR count). The lowest BCUT2D eigenvalue weighted by Crippen LogP contribution is -2.64. The van der Waals surface area contributed by atoms with Gasteiger partial charge in [-0.1, -0.05) is 18.9 Å². The van der Waals surface area contributed by atoms with Gasteiger partial charge in [-0.3, -0.25) is 33.7 Å². The van der Waals surface area contributed by atoms with Crippen molar-refractivity contribution >= 4 is 52.7 Å². The van der Waals surface area contributed by atoms with E-state index in [0.29, 0.717) is 29.1 Å². The van der Waals surface area contributed by atoms with Crippen LogP contribution in [0.4, 0.5) is 15.3 Å². The van der Waals surface area contributed by atoms with Gasteiger partial charge in [0.05, 0.1) is 42.5 Å². The minimum absolute atomic E-state index is 0.0293. The molecule has 356 valence electrons. The van der Waals surface area contributed by atoms with Gasteiger partial charge in [-0.05, 0) is 36.5 Å². The van der Waals surface area contributed by atoms with Crippen LogP contribution in [0.3, 0.4) is 0 Å². The number of likely N-dealkylation sites (N-methyl/N-ethyl adjacent to an activating group) is 2. The average molecular weight is 932 g/mol. The van der Waals surface area contributed by atoms with Crippen LogP contribution in [-0.2, 0) is 54.2 Å². The van der Waals surface area contributed by atoms with E-state index in [2.05, 4.69) is 21.1 Å². The van der Waals surface area contributed by atoms with Crippen LogP contribution in [0.1, 0.15) is 64.5 Å². The van der Waals surface area contributed by atoms with E-state index in [1.165, 1.54) is 33.8 Å². The quantitative estimate of drug-likeness (QED) is 0.0661. The van der Waals surface area contributed by atoms with Gasteiger partial charge in [0.1, 0.15) is 12.9 Å². The van der Waals surface area contributed by atoms with Gasteiger partial charge in [-0.2, -0.15) is 10.4 Å². The van der Waals surface area contributed by atoms with Gasteiger partial charge in [0.25, 0.3) is 0 Å². The van der Waals surface area contributed by atoms with Crippen molar-refractivity contribution < 1.29 is 66.8 Å². The molecule has 24 nitrogen and oxygen atoms in total. The van der Waals surface area contributed by atoms with Crippen LogP contribution >= 0.6 is 0 Å². The summed E-state index contributed by atoms with van der Waals surface area (Å²) in [6.45, 7) is 2.68. The minimum atomic E-state index is -1.86. The number of carbonyl (C=O) groups is 6. The van der Waals surface area contributed by atoms with E-state index >= 15 is 0 Å². The second-order valence-corrected chi connectivity index (χ2v) is 15.9. The van der Waals surface area contributed by atoms with Crippen molar-refractivity contribution in [2.24, 2.45) is 5.92 Å². The van der Waals surface area contributed by atoms with Crippen LogP contribution in [0, 0.1) is 27.4 Å². The Balaban J connectivity index is 1.09. The molecule has 1 saturated heterocycles. The highest BCUT2D eigenvalue weighted by atomic mass is 16.7. The highest BCUT2D eigenvalue weighted by Crippen LogP contribution is 2.38. The van der Waals surface area contributed by atoms with E-state index in [0.717, 1.165) is 71.3 Å². The summed E-state index contributed by atoms with van der Waals surface area (Å²) in [7, 11) is 4.00. The molecule has 2 aliphatic rings. The molecule has 4 heterocycles. The van der Waals surface area contributed by atoms with Crippen molar-refractivity contribution in [1.82, 2.24) is 34.1 Å². The van der Waals surface area contributed by atoms with E-state index in [1.807, 2.05) is 10.9 Å². The number of nitro groups is 1. The standard InChI is InChI=1S/C43H49N9O15/c1-24(53)63-35-36(64-25(2)54)38(65-26(3)55)41(67-37(35)40(56)61-6)66-33-12-11-27(19-32(33)52(59)60)22-62-43(58)49(5)18-17-48(4)42(57)50-16-14-30-34(45-23-46-39(30)50)29-20-47-51(21-29)31(13-15-44)28-9-7-8-10-28/h11-12,14,16,19-21,23,28,31,35-38,41H,7-10,13,17-18,22H2,1-6H3/t31-,35+,36+,37+,38-,41-/m1/s1. The molecule has 0 N–H and O–H groups in total. The number of hydrogen-bond acceptors (Lipinski definition) is 19. The summed E-state index contributed by atoms with van der Waals surface area (Å²) < 4.78 is 40.8. The lowest BCUT2D eigenvalue weighted by Gasteiger charge is -2.42. The monoisotopic (exact) mass is 931 g/mol. The lowest BCUT2D eigenvalue weighted by atomic mass is 9.96. The number of methoxy groups -OCH3 is 1. The third-order valence-electron chi connectivity index (χ3n) is 11.2. The van der Waals surface area contributed by atoms with Crippen LogP contribution in [-0.4, -0.2) is 140 Å². The number of carbonyl (C=O) groups excluding carboxylic acids is 6. The number of benzene rings is 1. The van der Waals surface area contributed by atoms with Crippen molar-refractivity contribution in [1.29, 1.82) is 5.26 Å². The zero-order valence-electron chi connectivity index (χ0n) is 37.5. The third-order valence-corrected chi connectivity index (χ3v) is 11.2. The number of nitrogens with zero attached hydrogens (tertiary/aromatic N) is 9. The van der Waals surface area contributed by atoms with E-state index in [9.17, 15) is 44.1 Å².